The highest BCUT2D eigenvalue weighted by Crippen LogP contribution is 2.29. The van der Waals surface area contributed by atoms with Crippen molar-refractivity contribution in [1.29, 1.82) is 0 Å². The lowest BCUT2D eigenvalue weighted by atomic mass is 10.1. The van der Waals surface area contributed by atoms with E-state index in [1.165, 1.54) is 0 Å². The standard InChI is InChI=1S/C22H12Cl2N4O2/c23-17-8-4-13(5-9-17)19-25-27-21(29-19)15-2-1-3-16(12-15)22-28-26-20(30-22)14-6-10-18(24)11-7-14/h1-12H. The zero-order valence-corrected chi connectivity index (χ0v) is 16.8. The molecule has 0 atom stereocenters. The molecule has 0 saturated heterocycles. The first-order valence-corrected chi connectivity index (χ1v) is 9.71. The van der Waals surface area contributed by atoms with E-state index in [4.69, 9.17) is 32.0 Å². The summed E-state index contributed by atoms with van der Waals surface area (Å²) in [6, 6.07) is 21.9. The van der Waals surface area contributed by atoms with Crippen molar-refractivity contribution in [2.75, 3.05) is 0 Å². The Labute approximate surface area is 181 Å². The smallest absolute Gasteiger partial charge is 0.248 e. The first kappa shape index (κ1) is 18.5. The van der Waals surface area contributed by atoms with E-state index in [9.17, 15) is 0 Å². The molecule has 0 spiro atoms. The van der Waals surface area contributed by atoms with Gasteiger partial charge >= 0.3 is 0 Å². The van der Waals surface area contributed by atoms with Gasteiger partial charge in [-0.2, -0.15) is 0 Å². The lowest BCUT2D eigenvalue weighted by molar-refractivity contribution is 0.582. The Bertz CT molecular complexity index is 1210. The van der Waals surface area contributed by atoms with Crippen LogP contribution < -0.4 is 0 Å². The van der Waals surface area contributed by atoms with Gasteiger partial charge in [-0.05, 0) is 66.7 Å². The van der Waals surface area contributed by atoms with E-state index in [-0.39, 0.29) is 0 Å². The van der Waals surface area contributed by atoms with Gasteiger partial charge in [0.2, 0.25) is 23.6 Å². The van der Waals surface area contributed by atoms with Crippen molar-refractivity contribution in [2.45, 2.75) is 0 Å². The second-order valence-corrected chi connectivity index (χ2v) is 7.29. The molecule has 2 heterocycles. The molecule has 0 radical (unpaired) electrons. The number of benzene rings is 3. The molecule has 2 aromatic heterocycles. The van der Waals surface area contributed by atoms with Crippen molar-refractivity contribution in [3.05, 3.63) is 82.8 Å². The highest BCUT2D eigenvalue weighted by Gasteiger charge is 2.14. The van der Waals surface area contributed by atoms with E-state index in [0.29, 0.717) is 33.6 Å². The molecule has 6 nitrogen and oxygen atoms in total. The lowest BCUT2D eigenvalue weighted by Crippen LogP contribution is -1.82. The Kier molecular flexibility index (Phi) is 4.78. The molecule has 0 N–H and O–H groups in total. The van der Waals surface area contributed by atoms with Gasteiger partial charge in [-0.25, -0.2) is 0 Å². The summed E-state index contributed by atoms with van der Waals surface area (Å²) >= 11 is 11.9. The van der Waals surface area contributed by atoms with Crippen molar-refractivity contribution < 1.29 is 8.83 Å². The Morgan fingerprint density at radius 2 is 0.833 bits per heavy atom. The number of aromatic nitrogens is 4. The molecule has 8 heteroatoms. The first-order chi connectivity index (χ1) is 14.7. The van der Waals surface area contributed by atoms with Crippen molar-refractivity contribution in [1.82, 2.24) is 20.4 Å². The van der Waals surface area contributed by atoms with Gasteiger partial charge in [0.1, 0.15) is 0 Å². The molecule has 0 unspecified atom stereocenters. The molecule has 0 fully saturated rings. The van der Waals surface area contributed by atoms with Crippen LogP contribution in [0.5, 0.6) is 0 Å². The van der Waals surface area contributed by atoms with Crippen LogP contribution in [0.1, 0.15) is 0 Å². The summed E-state index contributed by atoms with van der Waals surface area (Å²) in [7, 11) is 0. The normalized spacial score (nSPS) is 11.0. The average Bonchev–Trinajstić information content (AvgIpc) is 3.45. The Morgan fingerprint density at radius 3 is 1.23 bits per heavy atom. The molecule has 5 rings (SSSR count). The van der Waals surface area contributed by atoms with Crippen LogP contribution in [0.25, 0.3) is 45.8 Å². The Balaban J connectivity index is 1.44. The lowest BCUT2D eigenvalue weighted by Gasteiger charge is -1.99. The molecule has 3 aromatic carbocycles. The zero-order valence-electron chi connectivity index (χ0n) is 15.3. The fourth-order valence-corrected chi connectivity index (χ4v) is 3.14. The van der Waals surface area contributed by atoms with Crippen LogP contribution in [0.4, 0.5) is 0 Å². The van der Waals surface area contributed by atoms with Crippen LogP contribution in [-0.4, -0.2) is 20.4 Å². The van der Waals surface area contributed by atoms with Crippen LogP contribution >= 0.6 is 23.2 Å². The Hall–Kier alpha value is -3.48. The second kappa shape index (κ2) is 7.74. The summed E-state index contributed by atoms with van der Waals surface area (Å²) in [4.78, 5) is 0. The van der Waals surface area contributed by atoms with Crippen LogP contribution in [0.3, 0.4) is 0 Å². The van der Waals surface area contributed by atoms with Gasteiger partial charge in [0.25, 0.3) is 0 Å². The van der Waals surface area contributed by atoms with Crippen molar-refractivity contribution in [3.63, 3.8) is 0 Å². The summed E-state index contributed by atoms with van der Waals surface area (Å²) < 4.78 is 11.7. The number of hydrogen-bond donors (Lipinski definition) is 0. The molecule has 5 aromatic rings. The minimum atomic E-state index is 0.388. The minimum absolute atomic E-state index is 0.388. The second-order valence-electron chi connectivity index (χ2n) is 6.42. The summed E-state index contributed by atoms with van der Waals surface area (Å²) in [5.74, 6) is 1.60. The van der Waals surface area contributed by atoms with Crippen molar-refractivity contribution in [2.24, 2.45) is 0 Å². The van der Waals surface area contributed by atoms with Gasteiger partial charge in [-0.1, -0.05) is 29.3 Å². The first-order valence-electron chi connectivity index (χ1n) is 8.95. The van der Waals surface area contributed by atoms with E-state index in [1.54, 1.807) is 24.3 Å². The van der Waals surface area contributed by atoms with Gasteiger partial charge in [0, 0.05) is 32.3 Å². The zero-order chi connectivity index (χ0) is 20.5. The number of hydrogen-bond acceptors (Lipinski definition) is 6. The topological polar surface area (TPSA) is 77.8 Å². The maximum absolute atomic E-state index is 5.93. The van der Waals surface area contributed by atoms with E-state index in [0.717, 1.165) is 22.3 Å². The van der Waals surface area contributed by atoms with Crippen LogP contribution in [0, 0.1) is 0 Å². The van der Waals surface area contributed by atoms with Gasteiger partial charge in [-0.3, -0.25) is 0 Å². The molecule has 0 amide bonds. The number of halogens is 2. The monoisotopic (exact) mass is 434 g/mol. The average molecular weight is 435 g/mol. The van der Waals surface area contributed by atoms with Crippen molar-refractivity contribution in [3.8, 4) is 45.8 Å². The van der Waals surface area contributed by atoms with Crippen molar-refractivity contribution >= 4 is 23.2 Å². The molecule has 0 saturated carbocycles. The van der Waals surface area contributed by atoms with Gasteiger partial charge in [0.05, 0.1) is 0 Å². The van der Waals surface area contributed by atoms with E-state index < -0.39 is 0 Å². The summed E-state index contributed by atoms with van der Waals surface area (Å²) in [5, 5.41) is 17.8. The number of rotatable bonds is 4. The molecule has 0 aliphatic heterocycles. The molecular weight excluding hydrogens is 423 g/mol. The van der Waals surface area contributed by atoms with E-state index >= 15 is 0 Å². The minimum Gasteiger partial charge on any atom is -0.416 e. The molecule has 30 heavy (non-hydrogen) atoms. The molecule has 0 aliphatic carbocycles. The highest BCUT2D eigenvalue weighted by molar-refractivity contribution is 6.30. The maximum atomic E-state index is 5.93. The van der Waals surface area contributed by atoms with Crippen LogP contribution in [0.2, 0.25) is 10.0 Å². The van der Waals surface area contributed by atoms with E-state index in [2.05, 4.69) is 20.4 Å². The predicted octanol–water partition coefficient (Wildman–Crippen LogP) is 6.43. The third kappa shape index (κ3) is 3.70. The Morgan fingerprint density at radius 1 is 0.467 bits per heavy atom. The third-order valence-corrected chi connectivity index (χ3v) is 4.89. The largest absolute Gasteiger partial charge is 0.416 e. The molecule has 0 aliphatic rings. The summed E-state index contributed by atoms with van der Waals surface area (Å²) in [6.07, 6.45) is 0. The van der Waals surface area contributed by atoms with Crippen LogP contribution in [0.15, 0.2) is 81.6 Å². The van der Waals surface area contributed by atoms with Gasteiger partial charge < -0.3 is 8.83 Å². The van der Waals surface area contributed by atoms with Gasteiger partial charge in [0.15, 0.2) is 0 Å². The SMILES string of the molecule is Clc1ccc(-c2nnc(-c3cccc(-c4nnc(-c5ccc(Cl)cc5)o4)c3)o2)cc1. The summed E-state index contributed by atoms with van der Waals surface area (Å²) in [5.41, 5.74) is 3.07. The third-order valence-electron chi connectivity index (χ3n) is 4.39. The molecule has 0 bridgehead atoms. The molecule has 146 valence electrons. The highest BCUT2D eigenvalue weighted by atomic mass is 35.5. The van der Waals surface area contributed by atoms with Crippen LogP contribution in [-0.2, 0) is 0 Å². The fraction of sp³-hybridized carbons (Fsp3) is 0. The maximum Gasteiger partial charge on any atom is 0.248 e. The van der Waals surface area contributed by atoms with E-state index in [1.807, 2.05) is 48.5 Å². The quantitative estimate of drug-likeness (QED) is 0.324. The predicted molar refractivity (Wildman–Crippen MR) is 114 cm³/mol. The summed E-state index contributed by atoms with van der Waals surface area (Å²) in [6.45, 7) is 0. The molecular formula is C22H12Cl2N4O2. The van der Waals surface area contributed by atoms with Gasteiger partial charge in [-0.15, -0.1) is 20.4 Å². The number of nitrogens with zero attached hydrogens (tertiary/aromatic N) is 4. The fourth-order valence-electron chi connectivity index (χ4n) is 2.88.